The standard InChI is InChI=1S/C21H20N2O4/c1-14(27-18-9-8-16-5-3-4-6-17(16)12-18)21(25)23-22-13-15-7-10-19(24)20(11-15)26-2/h3-14,24H,1-2H3,(H,23,25)/b22-13+. The molecule has 0 saturated carbocycles. The van der Waals surface area contributed by atoms with Gasteiger partial charge in [0.2, 0.25) is 0 Å². The van der Waals surface area contributed by atoms with E-state index >= 15 is 0 Å². The molecule has 0 aliphatic carbocycles. The van der Waals surface area contributed by atoms with Crippen LogP contribution in [0.25, 0.3) is 10.8 Å². The molecule has 0 aromatic heterocycles. The van der Waals surface area contributed by atoms with Crippen LogP contribution in [-0.2, 0) is 4.79 Å². The highest BCUT2D eigenvalue weighted by Crippen LogP contribution is 2.25. The van der Waals surface area contributed by atoms with E-state index in [1.807, 2.05) is 42.5 Å². The number of fused-ring (bicyclic) bond motifs is 1. The van der Waals surface area contributed by atoms with Gasteiger partial charge in [-0.25, -0.2) is 5.43 Å². The molecule has 0 radical (unpaired) electrons. The quantitative estimate of drug-likeness (QED) is 0.518. The van der Waals surface area contributed by atoms with E-state index in [2.05, 4.69) is 10.5 Å². The third-order valence-electron chi connectivity index (χ3n) is 4.00. The van der Waals surface area contributed by atoms with Gasteiger partial charge in [-0.3, -0.25) is 4.79 Å². The lowest BCUT2D eigenvalue weighted by atomic mass is 10.1. The van der Waals surface area contributed by atoms with Gasteiger partial charge < -0.3 is 14.6 Å². The lowest BCUT2D eigenvalue weighted by Gasteiger charge is -2.13. The summed E-state index contributed by atoms with van der Waals surface area (Å²) in [7, 11) is 1.46. The van der Waals surface area contributed by atoms with E-state index in [9.17, 15) is 9.90 Å². The number of ether oxygens (including phenoxy) is 2. The van der Waals surface area contributed by atoms with Gasteiger partial charge >= 0.3 is 0 Å². The molecule has 27 heavy (non-hydrogen) atoms. The van der Waals surface area contributed by atoms with Crippen molar-refractivity contribution in [2.24, 2.45) is 5.10 Å². The van der Waals surface area contributed by atoms with Gasteiger partial charge in [0.1, 0.15) is 5.75 Å². The van der Waals surface area contributed by atoms with Gasteiger partial charge in [-0.15, -0.1) is 0 Å². The van der Waals surface area contributed by atoms with Crippen LogP contribution in [0.4, 0.5) is 0 Å². The van der Waals surface area contributed by atoms with Crippen molar-refractivity contribution < 1.29 is 19.4 Å². The molecule has 0 spiro atoms. The van der Waals surface area contributed by atoms with Gasteiger partial charge in [0, 0.05) is 0 Å². The minimum atomic E-state index is -0.710. The molecule has 1 atom stereocenters. The van der Waals surface area contributed by atoms with Gasteiger partial charge in [0.05, 0.1) is 13.3 Å². The van der Waals surface area contributed by atoms with Gasteiger partial charge in [0.15, 0.2) is 17.6 Å². The number of amides is 1. The summed E-state index contributed by atoms with van der Waals surface area (Å²) in [6, 6.07) is 18.4. The van der Waals surface area contributed by atoms with Crippen LogP contribution in [-0.4, -0.2) is 30.4 Å². The third kappa shape index (κ3) is 4.55. The summed E-state index contributed by atoms with van der Waals surface area (Å²) in [5, 5.41) is 15.6. The predicted octanol–water partition coefficient (Wildman–Crippen LogP) is 3.47. The Hall–Kier alpha value is -3.54. The SMILES string of the molecule is COc1cc(/C=N/NC(=O)C(C)Oc2ccc3ccccc3c2)ccc1O. The largest absolute Gasteiger partial charge is 0.504 e. The smallest absolute Gasteiger partial charge is 0.280 e. The molecule has 138 valence electrons. The molecule has 2 N–H and O–H groups in total. The number of phenols is 1. The zero-order valence-electron chi connectivity index (χ0n) is 15.0. The normalized spacial score (nSPS) is 12.1. The predicted molar refractivity (Wildman–Crippen MR) is 104 cm³/mol. The van der Waals surface area contributed by atoms with Crippen LogP contribution in [0.1, 0.15) is 12.5 Å². The highest BCUT2D eigenvalue weighted by Gasteiger charge is 2.14. The zero-order valence-corrected chi connectivity index (χ0v) is 15.0. The fraction of sp³-hybridized carbons (Fsp3) is 0.143. The number of nitrogens with one attached hydrogen (secondary N) is 1. The van der Waals surface area contributed by atoms with Gasteiger partial charge in [-0.2, -0.15) is 5.10 Å². The Labute approximate surface area is 157 Å². The molecule has 0 heterocycles. The first kappa shape index (κ1) is 18.3. The summed E-state index contributed by atoms with van der Waals surface area (Å²) >= 11 is 0. The summed E-state index contributed by atoms with van der Waals surface area (Å²) in [5.41, 5.74) is 3.12. The molecule has 0 aliphatic rings. The van der Waals surface area contributed by atoms with E-state index in [1.165, 1.54) is 19.4 Å². The molecule has 3 aromatic carbocycles. The van der Waals surface area contributed by atoms with Crippen molar-refractivity contribution in [2.45, 2.75) is 13.0 Å². The number of rotatable bonds is 6. The number of aromatic hydroxyl groups is 1. The molecule has 0 saturated heterocycles. The first-order valence-corrected chi connectivity index (χ1v) is 8.42. The summed E-state index contributed by atoms with van der Waals surface area (Å²) in [4.78, 5) is 12.2. The van der Waals surface area contributed by atoms with E-state index in [0.717, 1.165) is 10.8 Å². The minimum absolute atomic E-state index is 0.0380. The van der Waals surface area contributed by atoms with Crippen molar-refractivity contribution in [3.63, 3.8) is 0 Å². The zero-order chi connectivity index (χ0) is 19.2. The van der Waals surface area contributed by atoms with Gasteiger partial charge in [-0.1, -0.05) is 30.3 Å². The number of phenolic OH excluding ortho intramolecular Hbond substituents is 1. The van der Waals surface area contributed by atoms with Crippen LogP contribution in [0.3, 0.4) is 0 Å². The maximum absolute atomic E-state index is 12.2. The molecule has 1 amide bonds. The topological polar surface area (TPSA) is 80.2 Å². The maximum atomic E-state index is 12.2. The fourth-order valence-corrected chi connectivity index (χ4v) is 2.53. The Morgan fingerprint density at radius 3 is 2.67 bits per heavy atom. The van der Waals surface area contributed by atoms with E-state index < -0.39 is 6.10 Å². The second-order valence-electron chi connectivity index (χ2n) is 5.93. The molecule has 3 aromatic rings. The van der Waals surface area contributed by atoms with Crippen molar-refractivity contribution in [1.29, 1.82) is 0 Å². The van der Waals surface area contributed by atoms with Crippen molar-refractivity contribution in [2.75, 3.05) is 7.11 Å². The van der Waals surface area contributed by atoms with Crippen LogP contribution in [0.5, 0.6) is 17.2 Å². The minimum Gasteiger partial charge on any atom is -0.504 e. The maximum Gasteiger partial charge on any atom is 0.280 e. The van der Waals surface area contributed by atoms with E-state index in [0.29, 0.717) is 17.1 Å². The summed E-state index contributed by atoms with van der Waals surface area (Å²) < 4.78 is 10.7. The van der Waals surface area contributed by atoms with E-state index in [-0.39, 0.29) is 11.7 Å². The molecule has 6 nitrogen and oxygen atoms in total. The van der Waals surface area contributed by atoms with Crippen LogP contribution in [0, 0.1) is 0 Å². The third-order valence-corrected chi connectivity index (χ3v) is 4.00. The lowest BCUT2D eigenvalue weighted by molar-refractivity contribution is -0.127. The Bertz CT molecular complexity index is 985. The van der Waals surface area contributed by atoms with E-state index in [1.54, 1.807) is 19.1 Å². The molecule has 6 heteroatoms. The monoisotopic (exact) mass is 364 g/mol. The van der Waals surface area contributed by atoms with Crippen molar-refractivity contribution >= 4 is 22.9 Å². The first-order chi connectivity index (χ1) is 13.1. The average Bonchev–Trinajstić information content (AvgIpc) is 2.69. The number of carbonyl (C=O) groups is 1. The summed E-state index contributed by atoms with van der Waals surface area (Å²) in [5.74, 6) is 0.614. The number of hydrazone groups is 1. The van der Waals surface area contributed by atoms with Crippen LogP contribution in [0.15, 0.2) is 65.8 Å². The Morgan fingerprint density at radius 2 is 1.89 bits per heavy atom. The Balaban J connectivity index is 1.59. The summed E-state index contributed by atoms with van der Waals surface area (Å²) in [6.07, 6.45) is 0.750. The van der Waals surface area contributed by atoms with Gasteiger partial charge in [-0.05, 0) is 53.6 Å². The Kier molecular flexibility index (Phi) is 5.56. The highest BCUT2D eigenvalue weighted by atomic mass is 16.5. The first-order valence-electron chi connectivity index (χ1n) is 8.42. The van der Waals surface area contributed by atoms with Crippen LogP contribution in [0.2, 0.25) is 0 Å². The Morgan fingerprint density at radius 1 is 1.11 bits per heavy atom. The highest BCUT2D eigenvalue weighted by molar-refractivity contribution is 5.86. The second-order valence-corrected chi connectivity index (χ2v) is 5.93. The summed E-state index contributed by atoms with van der Waals surface area (Å²) in [6.45, 7) is 1.66. The molecule has 0 aliphatic heterocycles. The molecular weight excluding hydrogens is 344 g/mol. The van der Waals surface area contributed by atoms with Crippen LogP contribution >= 0.6 is 0 Å². The molecular formula is C21H20N2O4. The second kappa shape index (κ2) is 8.23. The van der Waals surface area contributed by atoms with Crippen molar-refractivity contribution in [3.05, 3.63) is 66.2 Å². The number of nitrogens with zero attached hydrogens (tertiary/aromatic N) is 1. The van der Waals surface area contributed by atoms with Crippen LogP contribution < -0.4 is 14.9 Å². The number of benzene rings is 3. The van der Waals surface area contributed by atoms with E-state index in [4.69, 9.17) is 9.47 Å². The van der Waals surface area contributed by atoms with Crippen molar-refractivity contribution in [3.8, 4) is 17.2 Å². The number of methoxy groups -OCH3 is 1. The van der Waals surface area contributed by atoms with Gasteiger partial charge in [0.25, 0.3) is 5.91 Å². The lowest BCUT2D eigenvalue weighted by Crippen LogP contribution is -2.33. The molecule has 0 fully saturated rings. The average molecular weight is 364 g/mol. The molecule has 3 rings (SSSR count). The molecule has 0 bridgehead atoms. The fourth-order valence-electron chi connectivity index (χ4n) is 2.53. The number of hydrogen-bond donors (Lipinski definition) is 2. The number of hydrogen-bond acceptors (Lipinski definition) is 5. The molecule has 1 unspecified atom stereocenters. The van der Waals surface area contributed by atoms with Crippen molar-refractivity contribution in [1.82, 2.24) is 5.43 Å². The number of carbonyl (C=O) groups excluding carboxylic acids is 1.